The topological polar surface area (TPSA) is 47.6 Å². The molecule has 0 aliphatic carbocycles. The van der Waals surface area contributed by atoms with Crippen molar-refractivity contribution in [2.24, 2.45) is 0 Å². The van der Waals surface area contributed by atoms with Crippen LogP contribution in [0.2, 0.25) is 0 Å². The summed E-state index contributed by atoms with van der Waals surface area (Å²) in [7, 11) is 1.61. The van der Waals surface area contributed by atoms with Gasteiger partial charge in [0.15, 0.2) is 0 Å². The molecule has 18 heavy (non-hydrogen) atoms. The van der Waals surface area contributed by atoms with Gasteiger partial charge in [-0.05, 0) is 54.9 Å². The van der Waals surface area contributed by atoms with E-state index >= 15 is 0 Å². The van der Waals surface area contributed by atoms with Crippen molar-refractivity contribution >= 4 is 27.6 Å². The Morgan fingerprint density at radius 3 is 2.61 bits per heavy atom. The molecule has 1 N–H and O–H groups in total. The highest BCUT2D eigenvalue weighted by atomic mass is 79.9. The molecule has 100 valence electrons. The van der Waals surface area contributed by atoms with Crippen LogP contribution in [0.4, 0.5) is 5.69 Å². The Morgan fingerprint density at radius 2 is 2.11 bits per heavy atom. The molecule has 0 spiro atoms. The van der Waals surface area contributed by atoms with Crippen LogP contribution >= 0.6 is 15.9 Å². The molecule has 1 aromatic carbocycles. The maximum absolute atomic E-state index is 11.8. The zero-order chi connectivity index (χ0) is 13.8. The highest BCUT2D eigenvalue weighted by Crippen LogP contribution is 2.29. The molecule has 0 bridgehead atoms. The quantitative estimate of drug-likeness (QED) is 0.848. The molecule has 0 unspecified atom stereocenters. The minimum absolute atomic E-state index is 0.281. The molecule has 0 atom stereocenters. The van der Waals surface area contributed by atoms with Crippen molar-refractivity contribution in [3.8, 4) is 5.75 Å². The van der Waals surface area contributed by atoms with Gasteiger partial charge in [-0.1, -0.05) is 0 Å². The van der Waals surface area contributed by atoms with Gasteiger partial charge in [0.2, 0.25) is 0 Å². The predicted molar refractivity (Wildman–Crippen MR) is 75.0 cm³/mol. The van der Waals surface area contributed by atoms with Crippen LogP contribution in [-0.2, 0) is 9.53 Å². The summed E-state index contributed by atoms with van der Waals surface area (Å²) in [5, 5.41) is 3.13. The molecule has 4 nitrogen and oxygen atoms in total. The molecule has 0 aromatic heterocycles. The van der Waals surface area contributed by atoms with Gasteiger partial charge in [-0.3, -0.25) is 0 Å². The second-order valence-electron chi connectivity index (χ2n) is 4.32. The molecular formula is C13H18BrNO3. The molecule has 0 saturated carbocycles. The maximum Gasteiger partial charge on any atom is 0.331 e. The lowest BCUT2D eigenvalue weighted by Gasteiger charge is -2.25. The van der Waals surface area contributed by atoms with Gasteiger partial charge in [0, 0.05) is 5.69 Å². The zero-order valence-corrected chi connectivity index (χ0v) is 12.6. The fourth-order valence-corrected chi connectivity index (χ4v) is 2.01. The number of methoxy groups -OCH3 is 1. The second kappa shape index (κ2) is 6.09. The summed E-state index contributed by atoms with van der Waals surface area (Å²) in [6.07, 6.45) is 0. The van der Waals surface area contributed by atoms with Gasteiger partial charge in [0.25, 0.3) is 0 Å². The Kier molecular flexibility index (Phi) is 5.02. The molecule has 0 heterocycles. The number of halogens is 1. The minimum Gasteiger partial charge on any atom is -0.496 e. The van der Waals surface area contributed by atoms with Crippen molar-refractivity contribution in [3.05, 3.63) is 22.7 Å². The van der Waals surface area contributed by atoms with Crippen molar-refractivity contribution in [2.45, 2.75) is 26.3 Å². The summed E-state index contributed by atoms with van der Waals surface area (Å²) in [5.41, 5.74) is 0.0463. The standard InChI is InChI=1S/C13H18BrNO3/c1-5-18-12(16)13(2,3)15-9-6-7-11(17-4)10(14)8-9/h6-8,15H,5H2,1-4H3. The van der Waals surface area contributed by atoms with E-state index in [4.69, 9.17) is 9.47 Å². The molecule has 1 aromatic rings. The summed E-state index contributed by atoms with van der Waals surface area (Å²) >= 11 is 3.40. The lowest BCUT2D eigenvalue weighted by molar-refractivity contribution is -0.147. The van der Waals surface area contributed by atoms with E-state index in [1.165, 1.54) is 0 Å². The molecule has 0 aliphatic rings. The van der Waals surface area contributed by atoms with Crippen LogP contribution in [0.3, 0.4) is 0 Å². The molecule has 0 aliphatic heterocycles. The van der Waals surface area contributed by atoms with Crippen LogP contribution < -0.4 is 10.1 Å². The van der Waals surface area contributed by atoms with E-state index in [9.17, 15) is 4.79 Å². The largest absolute Gasteiger partial charge is 0.496 e. The van der Waals surface area contributed by atoms with E-state index in [1.807, 2.05) is 18.2 Å². The van der Waals surface area contributed by atoms with Gasteiger partial charge >= 0.3 is 5.97 Å². The average Bonchev–Trinajstić information content (AvgIpc) is 2.29. The molecule has 5 heteroatoms. The lowest BCUT2D eigenvalue weighted by atomic mass is 10.1. The molecular weight excluding hydrogens is 298 g/mol. The van der Waals surface area contributed by atoms with Crippen LogP contribution in [0, 0.1) is 0 Å². The third-order valence-electron chi connectivity index (χ3n) is 2.39. The lowest BCUT2D eigenvalue weighted by Crippen LogP contribution is -2.41. The molecule has 0 saturated heterocycles. The van der Waals surface area contributed by atoms with E-state index in [0.29, 0.717) is 6.61 Å². The normalized spacial score (nSPS) is 10.9. The van der Waals surface area contributed by atoms with Gasteiger partial charge in [0.05, 0.1) is 18.2 Å². The van der Waals surface area contributed by atoms with Crippen molar-refractivity contribution in [2.75, 3.05) is 19.0 Å². The Bertz CT molecular complexity index is 432. The van der Waals surface area contributed by atoms with E-state index in [1.54, 1.807) is 27.9 Å². The summed E-state index contributed by atoms with van der Waals surface area (Å²) in [6.45, 7) is 5.72. The molecule has 0 radical (unpaired) electrons. The van der Waals surface area contributed by atoms with Crippen molar-refractivity contribution in [1.82, 2.24) is 0 Å². The fraction of sp³-hybridized carbons (Fsp3) is 0.462. The van der Waals surface area contributed by atoms with Crippen LogP contribution in [0.5, 0.6) is 5.75 Å². The highest BCUT2D eigenvalue weighted by Gasteiger charge is 2.28. The van der Waals surface area contributed by atoms with Gasteiger partial charge < -0.3 is 14.8 Å². The van der Waals surface area contributed by atoms with Crippen molar-refractivity contribution < 1.29 is 14.3 Å². The Labute approximate surface area is 116 Å². The molecule has 1 rings (SSSR count). The Hall–Kier alpha value is -1.23. The first-order valence-electron chi connectivity index (χ1n) is 5.69. The average molecular weight is 316 g/mol. The summed E-state index contributed by atoms with van der Waals surface area (Å²) in [6, 6.07) is 5.54. The van der Waals surface area contributed by atoms with E-state index in [2.05, 4.69) is 21.2 Å². The summed E-state index contributed by atoms with van der Waals surface area (Å²) < 4.78 is 11.0. The molecule has 0 fully saturated rings. The van der Waals surface area contributed by atoms with Crippen LogP contribution in [-0.4, -0.2) is 25.2 Å². The number of hydrogen-bond acceptors (Lipinski definition) is 4. The Morgan fingerprint density at radius 1 is 1.44 bits per heavy atom. The third kappa shape index (κ3) is 3.63. The van der Waals surface area contributed by atoms with Gasteiger partial charge in [-0.15, -0.1) is 0 Å². The number of benzene rings is 1. The number of carbonyl (C=O) groups is 1. The van der Waals surface area contributed by atoms with Crippen molar-refractivity contribution in [3.63, 3.8) is 0 Å². The number of nitrogens with one attached hydrogen (secondary N) is 1. The Balaban J connectivity index is 2.84. The monoisotopic (exact) mass is 315 g/mol. The van der Waals surface area contributed by atoms with E-state index < -0.39 is 5.54 Å². The van der Waals surface area contributed by atoms with Crippen LogP contribution in [0.25, 0.3) is 0 Å². The van der Waals surface area contributed by atoms with Gasteiger partial charge in [-0.25, -0.2) is 4.79 Å². The van der Waals surface area contributed by atoms with Gasteiger partial charge in [-0.2, -0.15) is 0 Å². The number of rotatable bonds is 5. The number of hydrogen-bond donors (Lipinski definition) is 1. The van der Waals surface area contributed by atoms with Crippen LogP contribution in [0.1, 0.15) is 20.8 Å². The number of carbonyl (C=O) groups excluding carboxylic acids is 1. The predicted octanol–water partition coefficient (Wildman–Crippen LogP) is 3.21. The first-order valence-corrected chi connectivity index (χ1v) is 6.49. The number of ether oxygens (including phenoxy) is 2. The SMILES string of the molecule is CCOC(=O)C(C)(C)Nc1ccc(OC)c(Br)c1. The first-order chi connectivity index (χ1) is 8.40. The smallest absolute Gasteiger partial charge is 0.331 e. The van der Waals surface area contributed by atoms with Gasteiger partial charge in [0.1, 0.15) is 11.3 Å². The maximum atomic E-state index is 11.8. The first kappa shape index (κ1) is 14.8. The van der Waals surface area contributed by atoms with Crippen LogP contribution in [0.15, 0.2) is 22.7 Å². The zero-order valence-electron chi connectivity index (χ0n) is 11.0. The minimum atomic E-state index is -0.774. The van der Waals surface area contributed by atoms with E-state index in [-0.39, 0.29) is 5.97 Å². The number of anilines is 1. The fourth-order valence-electron chi connectivity index (χ4n) is 1.47. The second-order valence-corrected chi connectivity index (χ2v) is 5.17. The molecule has 0 amide bonds. The summed E-state index contributed by atoms with van der Waals surface area (Å²) in [5.74, 6) is 0.464. The van der Waals surface area contributed by atoms with E-state index in [0.717, 1.165) is 15.9 Å². The van der Waals surface area contributed by atoms with Crippen molar-refractivity contribution in [1.29, 1.82) is 0 Å². The number of esters is 1. The third-order valence-corrected chi connectivity index (χ3v) is 3.01. The highest BCUT2D eigenvalue weighted by molar-refractivity contribution is 9.10. The summed E-state index contributed by atoms with van der Waals surface area (Å²) in [4.78, 5) is 11.8.